The van der Waals surface area contributed by atoms with Gasteiger partial charge in [0, 0.05) is 24.2 Å². The van der Waals surface area contributed by atoms with Gasteiger partial charge < -0.3 is 11.1 Å². The van der Waals surface area contributed by atoms with Crippen LogP contribution in [0.15, 0.2) is 42.6 Å². The van der Waals surface area contributed by atoms with Gasteiger partial charge in [0.25, 0.3) is 0 Å². The van der Waals surface area contributed by atoms with Gasteiger partial charge >= 0.3 is 0 Å². The molecular weight excluding hydrogens is 276 g/mol. The molecular formula is C17H16N4O. The molecule has 0 unspecified atom stereocenters. The fraction of sp³-hybridized carbons (Fsp3) is 0.118. The van der Waals surface area contributed by atoms with E-state index in [4.69, 9.17) is 5.73 Å². The van der Waals surface area contributed by atoms with E-state index in [-0.39, 0.29) is 11.9 Å². The number of amides is 1. The first-order valence-electron chi connectivity index (χ1n) is 6.94. The summed E-state index contributed by atoms with van der Waals surface area (Å²) >= 11 is 0. The molecule has 1 aromatic heterocycles. The van der Waals surface area contributed by atoms with Crippen molar-refractivity contribution in [2.24, 2.45) is 0 Å². The Kier molecular flexibility index (Phi) is 3.47. The van der Waals surface area contributed by atoms with E-state index in [2.05, 4.69) is 15.3 Å². The summed E-state index contributed by atoms with van der Waals surface area (Å²) in [6, 6.07) is 11.8. The normalized spacial score (nSPS) is 10.6. The summed E-state index contributed by atoms with van der Waals surface area (Å²) in [5, 5.41) is 3.73. The Hall–Kier alpha value is -2.95. The predicted molar refractivity (Wildman–Crippen MR) is 88.4 cm³/mol. The van der Waals surface area contributed by atoms with Crippen molar-refractivity contribution < 1.29 is 4.79 Å². The number of anilines is 2. The fourth-order valence-corrected chi connectivity index (χ4v) is 2.43. The average molecular weight is 292 g/mol. The number of rotatable bonds is 2. The molecule has 3 N–H and O–H groups in total. The van der Waals surface area contributed by atoms with Gasteiger partial charge in [-0.3, -0.25) is 4.79 Å². The van der Waals surface area contributed by atoms with Gasteiger partial charge in [-0.05, 0) is 47.9 Å². The highest BCUT2D eigenvalue weighted by molar-refractivity contribution is 5.91. The van der Waals surface area contributed by atoms with E-state index in [1.165, 1.54) is 6.92 Å². The molecule has 0 spiro atoms. The molecule has 0 aliphatic rings. The number of hydrogen-bond donors (Lipinski definition) is 2. The molecule has 22 heavy (non-hydrogen) atoms. The number of nitrogens with zero attached hydrogens (tertiary/aromatic N) is 2. The fourth-order valence-electron chi connectivity index (χ4n) is 2.43. The van der Waals surface area contributed by atoms with Crippen LogP contribution in [0.1, 0.15) is 12.5 Å². The molecule has 5 heteroatoms. The minimum absolute atomic E-state index is 0.0859. The maximum atomic E-state index is 11.2. The van der Waals surface area contributed by atoms with E-state index in [0.717, 1.165) is 33.3 Å². The summed E-state index contributed by atoms with van der Waals surface area (Å²) in [7, 11) is 0. The molecule has 5 nitrogen and oxygen atoms in total. The van der Waals surface area contributed by atoms with Crippen molar-refractivity contribution in [2.75, 3.05) is 11.1 Å². The predicted octanol–water partition coefficient (Wildman–Crippen LogP) is 3.15. The van der Waals surface area contributed by atoms with Crippen molar-refractivity contribution >= 4 is 28.4 Å². The van der Waals surface area contributed by atoms with E-state index in [9.17, 15) is 4.79 Å². The van der Waals surface area contributed by atoms with E-state index in [0.29, 0.717) is 0 Å². The van der Waals surface area contributed by atoms with Gasteiger partial charge in [-0.1, -0.05) is 12.1 Å². The van der Waals surface area contributed by atoms with Crippen LogP contribution in [-0.2, 0) is 4.79 Å². The van der Waals surface area contributed by atoms with Gasteiger partial charge in [0.2, 0.25) is 11.9 Å². The maximum Gasteiger partial charge on any atom is 0.221 e. The molecule has 0 aliphatic carbocycles. The number of hydrogen-bond acceptors (Lipinski definition) is 4. The third kappa shape index (κ3) is 2.74. The second kappa shape index (κ2) is 5.44. The Morgan fingerprint density at radius 3 is 2.77 bits per heavy atom. The third-order valence-corrected chi connectivity index (χ3v) is 3.47. The number of aromatic nitrogens is 2. The highest BCUT2D eigenvalue weighted by Crippen LogP contribution is 2.29. The minimum atomic E-state index is -0.0859. The van der Waals surface area contributed by atoms with Crippen molar-refractivity contribution in [1.82, 2.24) is 9.97 Å². The molecule has 0 saturated heterocycles. The molecule has 0 radical (unpaired) electrons. The molecule has 0 fully saturated rings. The average Bonchev–Trinajstić information content (AvgIpc) is 2.48. The summed E-state index contributed by atoms with van der Waals surface area (Å²) in [5.41, 5.74) is 10.4. The van der Waals surface area contributed by atoms with E-state index >= 15 is 0 Å². The molecule has 3 rings (SSSR count). The first-order chi connectivity index (χ1) is 10.5. The Morgan fingerprint density at radius 2 is 2.00 bits per heavy atom. The summed E-state index contributed by atoms with van der Waals surface area (Å²) in [6.07, 6.45) is 1.72. The quantitative estimate of drug-likeness (QED) is 0.760. The monoisotopic (exact) mass is 292 g/mol. The lowest BCUT2D eigenvalue weighted by molar-refractivity contribution is -0.114. The first kappa shape index (κ1) is 14.0. The van der Waals surface area contributed by atoms with Crippen molar-refractivity contribution in [3.05, 3.63) is 48.2 Å². The molecule has 1 heterocycles. The first-order valence-corrected chi connectivity index (χ1v) is 6.94. The Morgan fingerprint density at radius 1 is 1.18 bits per heavy atom. The zero-order valence-corrected chi connectivity index (χ0v) is 12.4. The van der Waals surface area contributed by atoms with E-state index in [1.807, 2.05) is 43.3 Å². The second-order valence-electron chi connectivity index (χ2n) is 5.21. The standard InChI is InChI=1S/C17H16N4O/c1-10-3-5-14(20-11(2)22)8-15(10)12-4-6-16-13(7-12)9-19-17(18)21-16/h3-9H,1-2H3,(H,20,22)(H2,18,19,21). The van der Waals surface area contributed by atoms with Crippen molar-refractivity contribution in [1.29, 1.82) is 0 Å². The number of aryl methyl sites for hydroxylation is 1. The van der Waals surface area contributed by atoms with Gasteiger partial charge in [0.15, 0.2) is 0 Å². The van der Waals surface area contributed by atoms with Crippen molar-refractivity contribution in [3.8, 4) is 11.1 Å². The van der Waals surface area contributed by atoms with Gasteiger partial charge in [0.05, 0.1) is 5.52 Å². The lowest BCUT2D eigenvalue weighted by atomic mass is 9.98. The van der Waals surface area contributed by atoms with Crippen LogP contribution in [0.25, 0.3) is 22.0 Å². The molecule has 3 aromatic rings. The number of fused-ring (bicyclic) bond motifs is 1. The molecule has 1 amide bonds. The van der Waals surface area contributed by atoms with Crippen LogP contribution in [0.5, 0.6) is 0 Å². The number of carbonyl (C=O) groups excluding carboxylic acids is 1. The van der Waals surface area contributed by atoms with E-state index in [1.54, 1.807) is 6.20 Å². The van der Waals surface area contributed by atoms with Crippen LogP contribution in [-0.4, -0.2) is 15.9 Å². The van der Waals surface area contributed by atoms with Crippen molar-refractivity contribution in [2.45, 2.75) is 13.8 Å². The summed E-state index contributed by atoms with van der Waals surface area (Å²) in [4.78, 5) is 19.4. The Labute approximate surface area is 128 Å². The summed E-state index contributed by atoms with van der Waals surface area (Å²) in [6.45, 7) is 3.54. The van der Waals surface area contributed by atoms with Crippen LogP contribution in [0.4, 0.5) is 11.6 Å². The van der Waals surface area contributed by atoms with Crippen LogP contribution < -0.4 is 11.1 Å². The molecule has 0 atom stereocenters. The summed E-state index contributed by atoms with van der Waals surface area (Å²) in [5.74, 6) is 0.182. The molecule has 2 aromatic carbocycles. The van der Waals surface area contributed by atoms with Crippen LogP contribution >= 0.6 is 0 Å². The highest BCUT2D eigenvalue weighted by Gasteiger charge is 2.06. The molecule has 0 aliphatic heterocycles. The van der Waals surface area contributed by atoms with Gasteiger partial charge in [0.1, 0.15) is 0 Å². The van der Waals surface area contributed by atoms with Crippen LogP contribution in [0.3, 0.4) is 0 Å². The van der Waals surface area contributed by atoms with Gasteiger partial charge in [-0.25, -0.2) is 9.97 Å². The topological polar surface area (TPSA) is 80.9 Å². The third-order valence-electron chi connectivity index (χ3n) is 3.47. The van der Waals surface area contributed by atoms with Crippen LogP contribution in [0, 0.1) is 6.92 Å². The smallest absolute Gasteiger partial charge is 0.221 e. The lowest BCUT2D eigenvalue weighted by Gasteiger charge is -2.10. The number of nitrogen functional groups attached to an aromatic ring is 1. The number of nitrogens with one attached hydrogen (secondary N) is 1. The molecule has 110 valence electrons. The molecule has 0 saturated carbocycles. The van der Waals surface area contributed by atoms with Crippen molar-refractivity contribution in [3.63, 3.8) is 0 Å². The SMILES string of the molecule is CC(=O)Nc1ccc(C)c(-c2ccc3nc(N)ncc3c2)c1. The number of nitrogens with two attached hydrogens (primary N) is 1. The van der Waals surface area contributed by atoms with E-state index < -0.39 is 0 Å². The van der Waals surface area contributed by atoms with Gasteiger partial charge in [-0.2, -0.15) is 0 Å². The van der Waals surface area contributed by atoms with Crippen LogP contribution in [0.2, 0.25) is 0 Å². The Balaban J connectivity index is 2.10. The molecule has 0 bridgehead atoms. The second-order valence-corrected chi connectivity index (χ2v) is 5.21. The van der Waals surface area contributed by atoms with Gasteiger partial charge in [-0.15, -0.1) is 0 Å². The zero-order valence-electron chi connectivity index (χ0n) is 12.4. The number of carbonyl (C=O) groups is 1. The minimum Gasteiger partial charge on any atom is -0.368 e. The summed E-state index contributed by atoms with van der Waals surface area (Å²) < 4.78 is 0. The highest BCUT2D eigenvalue weighted by atomic mass is 16.1. The zero-order chi connectivity index (χ0) is 15.7. The Bertz CT molecular complexity index is 874. The number of benzene rings is 2. The largest absolute Gasteiger partial charge is 0.368 e. The maximum absolute atomic E-state index is 11.2. The lowest BCUT2D eigenvalue weighted by Crippen LogP contribution is -2.05.